The van der Waals surface area contributed by atoms with Gasteiger partial charge in [-0.1, -0.05) is 135 Å². The standard InChI is InChI=1S/C52H32N2O/c1-3-14-35-31(2)34-17-6-4-15-32(34)29-47(35)53-43-23-12-10-21-41(43)49-45(53)27-25-39-40-26-28-46-50(52(40)55-51(39)49)42-22-11-13-24-44(42)54(46)48-30-33-16-5-7-18-36(33)37-19-8-9-20-38(37)48/h3-30H,1-2H2/b35-14+. The molecule has 256 valence electrons. The zero-order valence-electron chi connectivity index (χ0n) is 29.9. The van der Waals surface area contributed by atoms with E-state index in [0.29, 0.717) is 0 Å². The van der Waals surface area contributed by atoms with Crippen LogP contribution in [0.5, 0.6) is 0 Å². The molecule has 55 heavy (non-hydrogen) atoms. The molecule has 0 aliphatic carbocycles. The van der Waals surface area contributed by atoms with Crippen LogP contribution in [0.3, 0.4) is 0 Å². The number of hydrogen-bond donors (Lipinski definition) is 0. The van der Waals surface area contributed by atoms with Crippen LogP contribution in [0.2, 0.25) is 0 Å². The lowest BCUT2D eigenvalue weighted by molar-refractivity contribution is 0.677. The lowest BCUT2D eigenvalue weighted by Gasteiger charge is -2.14. The highest BCUT2D eigenvalue weighted by Gasteiger charge is 2.23. The van der Waals surface area contributed by atoms with Gasteiger partial charge in [0.1, 0.15) is 11.2 Å². The fraction of sp³-hybridized carbons (Fsp3) is 0. The first-order chi connectivity index (χ1) is 27.2. The van der Waals surface area contributed by atoms with Crippen LogP contribution in [-0.2, 0) is 0 Å². The van der Waals surface area contributed by atoms with E-state index in [2.05, 4.69) is 186 Å². The maximum absolute atomic E-state index is 7.26. The Kier molecular flexibility index (Phi) is 6.07. The molecule has 3 heterocycles. The number of aromatic nitrogens is 2. The Balaban J connectivity index is 1.21. The van der Waals surface area contributed by atoms with Gasteiger partial charge in [-0.3, -0.25) is 0 Å². The number of hydrogen-bond acceptors (Lipinski definition) is 1. The number of allylic oxidation sites excluding steroid dienone is 1. The smallest absolute Gasteiger partial charge is 0.145 e. The lowest BCUT2D eigenvalue weighted by atomic mass is 10.00. The van der Waals surface area contributed by atoms with Crippen molar-refractivity contribution in [3.05, 3.63) is 181 Å². The predicted octanol–water partition coefficient (Wildman–Crippen LogP) is 12.6. The van der Waals surface area contributed by atoms with Gasteiger partial charge in [-0.25, -0.2) is 0 Å². The third-order valence-corrected chi connectivity index (χ3v) is 11.8. The van der Waals surface area contributed by atoms with Gasteiger partial charge in [0.25, 0.3) is 0 Å². The van der Waals surface area contributed by atoms with Crippen LogP contribution in [0.1, 0.15) is 0 Å². The first-order valence-electron chi connectivity index (χ1n) is 18.7. The van der Waals surface area contributed by atoms with Gasteiger partial charge in [-0.15, -0.1) is 0 Å². The molecule has 12 aromatic rings. The van der Waals surface area contributed by atoms with Gasteiger partial charge in [0.05, 0.1) is 44.2 Å². The second-order valence-electron chi connectivity index (χ2n) is 14.6. The van der Waals surface area contributed by atoms with E-state index in [1.54, 1.807) is 0 Å². The minimum atomic E-state index is 0.896. The van der Waals surface area contributed by atoms with E-state index < -0.39 is 0 Å². The van der Waals surface area contributed by atoms with Crippen molar-refractivity contribution in [2.24, 2.45) is 0 Å². The van der Waals surface area contributed by atoms with Crippen molar-refractivity contribution < 1.29 is 4.42 Å². The van der Waals surface area contributed by atoms with Crippen molar-refractivity contribution in [1.29, 1.82) is 0 Å². The molecular weight excluding hydrogens is 669 g/mol. The molecule has 0 atom stereocenters. The van der Waals surface area contributed by atoms with Crippen LogP contribution in [-0.4, -0.2) is 9.13 Å². The van der Waals surface area contributed by atoms with Gasteiger partial charge in [0, 0.05) is 32.1 Å². The molecule has 9 aromatic carbocycles. The van der Waals surface area contributed by atoms with Gasteiger partial charge < -0.3 is 13.6 Å². The van der Waals surface area contributed by atoms with Gasteiger partial charge in [-0.05, 0) is 80.7 Å². The monoisotopic (exact) mass is 700 g/mol. The SMILES string of the molecule is C=C/C=c1/c(-n2c3ccccc3c3c4oc5c(ccc6c5c5ccccc5n6-c5cc6ccccc6c6ccccc56)c4ccc32)cc2ccccc2c1=C. The van der Waals surface area contributed by atoms with Gasteiger partial charge >= 0.3 is 0 Å². The Morgan fingerprint density at radius 1 is 0.418 bits per heavy atom. The number of rotatable bonds is 3. The summed E-state index contributed by atoms with van der Waals surface area (Å²) in [5.74, 6) is 0. The van der Waals surface area contributed by atoms with E-state index in [0.717, 1.165) is 92.7 Å². The van der Waals surface area contributed by atoms with E-state index in [1.165, 1.54) is 26.9 Å². The molecule has 0 amide bonds. The number of para-hydroxylation sites is 2. The van der Waals surface area contributed by atoms with Crippen molar-refractivity contribution in [2.75, 3.05) is 0 Å². The summed E-state index contributed by atoms with van der Waals surface area (Å²) in [6.45, 7) is 8.65. The Labute approximate surface area is 315 Å². The molecule has 0 saturated carbocycles. The Bertz CT molecular complexity index is 3760. The molecule has 0 aliphatic heterocycles. The summed E-state index contributed by atoms with van der Waals surface area (Å²) in [6, 6.07) is 57.0. The molecule has 0 radical (unpaired) electrons. The highest BCUT2D eigenvalue weighted by Crippen LogP contribution is 2.45. The van der Waals surface area contributed by atoms with Crippen molar-refractivity contribution in [2.45, 2.75) is 0 Å². The summed E-state index contributed by atoms with van der Waals surface area (Å²) in [5.41, 5.74) is 8.50. The van der Waals surface area contributed by atoms with Gasteiger partial charge in [-0.2, -0.15) is 0 Å². The summed E-state index contributed by atoms with van der Waals surface area (Å²) in [7, 11) is 0. The summed E-state index contributed by atoms with van der Waals surface area (Å²) >= 11 is 0. The molecule has 0 unspecified atom stereocenters. The van der Waals surface area contributed by atoms with E-state index in [9.17, 15) is 0 Å². The zero-order chi connectivity index (χ0) is 36.4. The number of fused-ring (bicyclic) bond motifs is 15. The summed E-state index contributed by atoms with van der Waals surface area (Å²) in [4.78, 5) is 0. The van der Waals surface area contributed by atoms with Crippen LogP contribution in [0.25, 0.3) is 122 Å². The van der Waals surface area contributed by atoms with Crippen molar-refractivity contribution >= 4 is 111 Å². The maximum Gasteiger partial charge on any atom is 0.145 e. The second-order valence-corrected chi connectivity index (χ2v) is 14.6. The highest BCUT2D eigenvalue weighted by atomic mass is 16.3. The molecule has 0 bridgehead atoms. The van der Waals surface area contributed by atoms with Crippen LogP contribution in [0.15, 0.2) is 175 Å². The number of furan rings is 1. The molecule has 0 saturated heterocycles. The molecule has 0 fully saturated rings. The van der Waals surface area contributed by atoms with Gasteiger partial charge in [0.2, 0.25) is 0 Å². The molecule has 12 rings (SSSR count). The molecule has 0 spiro atoms. The second kappa shape index (κ2) is 11.1. The molecule has 3 heteroatoms. The first-order valence-corrected chi connectivity index (χ1v) is 18.7. The van der Waals surface area contributed by atoms with E-state index in [4.69, 9.17) is 4.42 Å². The quantitative estimate of drug-likeness (QED) is 0.168. The van der Waals surface area contributed by atoms with Crippen molar-refractivity contribution in [1.82, 2.24) is 9.13 Å². The van der Waals surface area contributed by atoms with E-state index in [1.807, 2.05) is 6.08 Å². The number of nitrogens with zero attached hydrogens (tertiary/aromatic N) is 2. The maximum atomic E-state index is 7.26. The first kappa shape index (κ1) is 30.1. The fourth-order valence-corrected chi connectivity index (χ4v) is 9.45. The van der Waals surface area contributed by atoms with E-state index in [-0.39, 0.29) is 0 Å². The molecule has 0 aliphatic rings. The van der Waals surface area contributed by atoms with Crippen LogP contribution >= 0.6 is 0 Å². The minimum absolute atomic E-state index is 0.896. The summed E-state index contributed by atoms with van der Waals surface area (Å²) in [6.07, 6.45) is 3.94. The Morgan fingerprint density at radius 2 is 0.891 bits per heavy atom. The van der Waals surface area contributed by atoms with Gasteiger partial charge in [0.15, 0.2) is 0 Å². The zero-order valence-corrected chi connectivity index (χ0v) is 29.9. The summed E-state index contributed by atoms with van der Waals surface area (Å²) < 4.78 is 12.1. The predicted molar refractivity (Wildman–Crippen MR) is 234 cm³/mol. The third-order valence-electron chi connectivity index (χ3n) is 11.8. The van der Waals surface area contributed by atoms with Crippen LogP contribution < -0.4 is 10.4 Å². The average Bonchev–Trinajstić information content (AvgIpc) is 3.89. The summed E-state index contributed by atoms with van der Waals surface area (Å²) in [5, 5.41) is 16.0. The van der Waals surface area contributed by atoms with Crippen LogP contribution in [0, 0.1) is 0 Å². The van der Waals surface area contributed by atoms with Crippen molar-refractivity contribution in [3.8, 4) is 11.4 Å². The van der Waals surface area contributed by atoms with Crippen LogP contribution in [0.4, 0.5) is 0 Å². The molecule has 3 aromatic heterocycles. The Hall–Kier alpha value is -7.36. The fourth-order valence-electron chi connectivity index (χ4n) is 9.45. The lowest BCUT2D eigenvalue weighted by Crippen LogP contribution is -2.28. The Morgan fingerprint density at radius 3 is 1.51 bits per heavy atom. The molecule has 3 nitrogen and oxygen atoms in total. The molecular formula is C52H32N2O. The minimum Gasteiger partial charge on any atom is -0.455 e. The topological polar surface area (TPSA) is 23.0 Å². The molecule has 0 N–H and O–H groups in total. The average molecular weight is 701 g/mol. The van der Waals surface area contributed by atoms with Crippen molar-refractivity contribution in [3.63, 3.8) is 0 Å². The van der Waals surface area contributed by atoms with E-state index >= 15 is 0 Å². The highest BCUT2D eigenvalue weighted by molar-refractivity contribution is 6.29. The normalized spacial score (nSPS) is 12.6. The number of benzene rings is 9. The third kappa shape index (κ3) is 3.99. The largest absolute Gasteiger partial charge is 0.455 e.